The maximum Gasteiger partial charge on any atom is 0.409 e. The van der Waals surface area contributed by atoms with Gasteiger partial charge in [-0.3, -0.25) is 14.5 Å². The van der Waals surface area contributed by atoms with Gasteiger partial charge in [-0.05, 0) is 53.1 Å². The van der Waals surface area contributed by atoms with Gasteiger partial charge in [0.2, 0.25) is 5.91 Å². The van der Waals surface area contributed by atoms with Gasteiger partial charge in [-0.25, -0.2) is 9.18 Å². The summed E-state index contributed by atoms with van der Waals surface area (Å²) in [7, 11) is 2.83. The Hall–Kier alpha value is -2.07. The molecule has 1 aromatic carbocycles. The first-order valence-electron chi connectivity index (χ1n) is 10.3. The number of likely N-dealkylation sites (N-methyl/N-ethyl adjacent to an activating group) is 1. The molecule has 10 heteroatoms. The molecule has 0 spiro atoms. The lowest BCUT2D eigenvalue weighted by atomic mass is 10.00. The predicted octanol–water partition coefficient (Wildman–Crippen LogP) is 4.29. The molecule has 1 aromatic heterocycles. The zero-order valence-corrected chi connectivity index (χ0v) is 21.1. The number of hydrogen-bond donors (Lipinski definition) is 1. The van der Waals surface area contributed by atoms with Crippen molar-refractivity contribution < 1.29 is 18.7 Å². The number of hydrogen-bond acceptors (Lipinski definition) is 5. The van der Waals surface area contributed by atoms with E-state index in [9.17, 15) is 18.8 Å². The molecule has 1 unspecified atom stereocenters. The maximum absolute atomic E-state index is 14.0. The van der Waals surface area contributed by atoms with Gasteiger partial charge in [0.25, 0.3) is 0 Å². The fraction of sp³-hybridized carbons (Fsp3) is 0.500. The number of aromatic amines is 1. The first kappa shape index (κ1) is 24.6. The van der Waals surface area contributed by atoms with Crippen LogP contribution in [0, 0.1) is 11.7 Å². The third-order valence-corrected chi connectivity index (χ3v) is 7.92. The van der Waals surface area contributed by atoms with Crippen LogP contribution in [0.3, 0.4) is 0 Å². The largest absolute Gasteiger partial charge is 0.453 e. The standard InChI is InChI=1S/C22H27BrFN3O4S/c1-12(2)19(26(3)21(30)31-4)20(29)27-8-6-7-22(27,32-5)18-11-17(28)13-9-15(24)14(23)10-16(13)25-18/h9-12,19H,6-8H2,1-5H3,(H,25,28)/t19?,22-/m1/s1. The van der Waals surface area contributed by atoms with Gasteiger partial charge in [0, 0.05) is 25.0 Å². The van der Waals surface area contributed by atoms with Crippen molar-refractivity contribution in [3.05, 3.63) is 44.4 Å². The third kappa shape index (κ3) is 4.14. The predicted molar refractivity (Wildman–Crippen MR) is 127 cm³/mol. The number of fused-ring (bicyclic) bond motifs is 1. The number of nitrogens with zero attached hydrogens (tertiary/aromatic N) is 2. The molecule has 174 valence electrons. The second-order valence-corrected chi connectivity index (χ2v) is 10.1. The van der Waals surface area contributed by atoms with Gasteiger partial charge in [0.05, 0.1) is 22.8 Å². The summed E-state index contributed by atoms with van der Waals surface area (Å²) >= 11 is 4.63. The molecule has 2 atom stereocenters. The second-order valence-electron chi connectivity index (χ2n) is 8.21. The summed E-state index contributed by atoms with van der Waals surface area (Å²) in [6.07, 6.45) is 2.68. The van der Waals surface area contributed by atoms with Crippen LogP contribution >= 0.6 is 27.7 Å². The number of halogens is 2. The number of ether oxygens (including phenoxy) is 1. The molecule has 0 bridgehead atoms. The summed E-state index contributed by atoms with van der Waals surface area (Å²) in [5.74, 6) is -0.874. The second kappa shape index (κ2) is 9.43. The quantitative estimate of drug-likeness (QED) is 0.626. The van der Waals surface area contributed by atoms with E-state index in [2.05, 4.69) is 20.9 Å². The highest BCUT2D eigenvalue weighted by molar-refractivity contribution is 9.10. The molecule has 2 amide bonds. The number of amides is 2. The highest BCUT2D eigenvalue weighted by atomic mass is 79.9. The van der Waals surface area contributed by atoms with Crippen molar-refractivity contribution in [2.45, 2.75) is 37.6 Å². The lowest BCUT2D eigenvalue weighted by Gasteiger charge is -2.41. The molecule has 7 nitrogen and oxygen atoms in total. The smallest absolute Gasteiger partial charge is 0.409 e. The molecule has 3 rings (SSSR count). The summed E-state index contributed by atoms with van der Waals surface area (Å²) in [4.78, 5) is 44.3. The van der Waals surface area contributed by atoms with E-state index in [1.807, 2.05) is 20.1 Å². The van der Waals surface area contributed by atoms with Crippen LogP contribution in [0.15, 0.2) is 27.5 Å². The van der Waals surface area contributed by atoms with Crippen molar-refractivity contribution in [2.24, 2.45) is 5.92 Å². The first-order chi connectivity index (χ1) is 15.1. The number of likely N-dealkylation sites (tertiary alicyclic amines) is 1. The zero-order valence-electron chi connectivity index (χ0n) is 18.7. The van der Waals surface area contributed by atoms with Crippen molar-refractivity contribution >= 4 is 50.6 Å². The minimum atomic E-state index is -0.810. The van der Waals surface area contributed by atoms with Crippen molar-refractivity contribution in [1.29, 1.82) is 0 Å². The normalized spacial score (nSPS) is 19.4. The maximum atomic E-state index is 14.0. The number of methoxy groups -OCH3 is 1. The molecule has 1 aliphatic rings. The highest BCUT2D eigenvalue weighted by Gasteiger charge is 2.48. The number of thioether (sulfide) groups is 1. The van der Waals surface area contributed by atoms with Gasteiger partial charge < -0.3 is 14.6 Å². The summed E-state index contributed by atoms with van der Waals surface area (Å²) < 4.78 is 19.1. The van der Waals surface area contributed by atoms with Gasteiger partial charge in [0.1, 0.15) is 16.7 Å². The Morgan fingerprint density at radius 2 is 2.03 bits per heavy atom. The molecular weight excluding hydrogens is 501 g/mol. The number of rotatable bonds is 5. The lowest BCUT2D eigenvalue weighted by Crippen LogP contribution is -2.55. The van der Waals surface area contributed by atoms with Crippen LogP contribution < -0.4 is 5.43 Å². The van der Waals surface area contributed by atoms with Crippen molar-refractivity contribution in [3.8, 4) is 0 Å². The number of pyridine rings is 1. The van der Waals surface area contributed by atoms with Crippen LogP contribution in [0.1, 0.15) is 32.4 Å². The number of carbonyl (C=O) groups excluding carboxylic acids is 2. The third-order valence-electron chi connectivity index (χ3n) is 5.99. The molecule has 0 saturated carbocycles. The topological polar surface area (TPSA) is 82.7 Å². The average Bonchev–Trinajstić information content (AvgIpc) is 3.19. The molecular formula is C22H27BrFN3O4S. The number of carbonyl (C=O) groups is 2. The highest BCUT2D eigenvalue weighted by Crippen LogP contribution is 2.47. The number of H-pyrrole nitrogens is 1. The van der Waals surface area contributed by atoms with Crippen LogP contribution in [0.4, 0.5) is 9.18 Å². The Balaban J connectivity index is 2.11. The van der Waals surface area contributed by atoms with Crippen LogP contribution in [0.2, 0.25) is 0 Å². The van der Waals surface area contributed by atoms with E-state index in [0.717, 1.165) is 6.42 Å². The van der Waals surface area contributed by atoms with Crippen molar-refractivity contribution in [1.82, 2.24) is 14.8 Å². The fourth-order valence-electron chi connectivity index (χ4n) is 4.45. The Labute approximate surface area is 198 Å². The Kier molecular flexibility index (Phi) is 7.24. The summed E-state index contributed by atoms with van der Waals surface area (Å²) in [6.45, 7) is 4.25. The Morgan fingerprint density at radius 1 is 1.34 bits per heavy atom. The fourth-order valence-corrected chi connectivity index (χ4v) is 5.88. The summed E-state index contributed by atoms with van der Waals surface area (Å²) in [5.41, 5.74) is 0.746. The van der Waals surface area contributed by atoms with Gasteiger partial charge in [-0.15, -0.1) is 11.8 Å². The average molecular weight is 528 g/mol. The van der Waals surface area contributed by atoms with Gasteiger partial charge in [-0.2, -0.15) is 0 Å². The molecule has 1 aliphatic heterocycles. The number of benzene rings is 1. The zero-order chi connectivity index (χ0) is 23.8. The van der Waals surface area contributed by atoms with Crippen LogP contribution in [-0.4, -0.2) is 59.8 Å². The van der Waals surface area contributed by atoms with E-state index in [4.69, 9.17) is 4.74 Å². The molecule has 2 heterocycles. The Bertz CT molecular complexity index is 1110. The van der Waals surface area contributed by atoms with Gasteiger partial charge >= 0.3 is 6.09 Å². The van der Waals surface area contributed by atoms with E-state index in [1.165, 1.54) is 42.0 Å². The van der Waals surface area contributed by atoms with E-state index in [0.29, 0.717) is 24.2 Å². The van der Waals surface area contributed by atoms with E-state index >= 15 is 0 Å². The molecule has 0 aliphatic carbocycles. The Morgan fingerprint density at radius 3 is 2.62 bits per heavy atom. The molecule has 1 fully saturated rings. The molecule has 1 N–H and O–H groups in total. The summed E-state index contributed by atoms with van der Waals surface area (Å²) in [5, 5.41) is 0.243. The van der Waals surface area contributed by atoms with Crippen molar-refractivity contribution in [2.75, 3.05) is 27.0 Å². The van der Waals surface area contributed by atoms with E-state index in [1.54, 1.807) is 11.9 Å². The lowest BCUT2D eigenvalue weighted by molar-refractivity contribution is -0.139. The molecule has 0 radical (unpaired) electrons. The molecule has 1 saturated heterocycles. The SMILES string of the molecule is COC(=O)N(C)C(C(=O)N1CCC[C@@]1(SC)c1cc(=O)c2cc(F)c(Br)cc2[nH]1)C(C)C. The molecule has 32 heavy (non-hydrogen) atoms. The number of aromatic nitrogens is 1. The van der Waals surface area contributed by atoms with Crippen molar-refractivity contribution in [3.63, 3.8) is 0 Å². The van der Waals surface area contributed by atoms with Gasteiger partial charge in [0.15, 0.2) is 5.43 Å². The van der Waals surface area contributed by atoms with E-state index < -0.39 is 22.8 Å². The van der Waals surface area contributed by atoms with Crippen LogP contribution in [-0.2, 0) is 14.4 Å². The minimum absolute atomic E-state index is 0.152. The monoisotopic (exact) mass is 527 g/mol. The van der Waals surface area contributed by atoms with E-state index in [-0.39, 0.29) is 27.1 Å². The van der Waals surface area contributed by atoms with Crippen LogP contribution in [0.25, 0.3) is 10.9 Å². The van der Waals surface area contributed by atoms with Gasteiger partial charge in [-0.1, -0.05) is 13.8 Å². The minimum Gasteiger partial charge on any atom is -0.453 e. The number of nitrogens with one attached hydrogen (secondary N) is 1. The summed E-state index contributed by atoms with van der Waals surface area (Å²) in [6, 6.07) is 3.46. The van der Waals surface area contributed by atoms with Crippen LogP contribution in [0.5, 0.6) is 0 Å². The molecule has 2 aromatic rings. The first-order valence-corrected chi connectivity index (χ1v) is 12.3.